The third kappa shape index (κ3) is 6.29. The summed E-state index contributed by atoms with van der Waals surface area (Å²) < 4.78 is 11.7. The molecule has 4 rings (SSSR count). The second-order valence-corrected chi connectivity index (χ2v) is 7.68. The molecule has 5 heteroatoms. The molecule has 0 spiro atoms. The molecule has 0 saturated carbocycles. The molecule has 156 valence electrons. The maximum Gasteiger partial charge on any atom is 0.233 e. The molecule has 0 aliphatic carbocycles. The Bertz CT molecular complexity index is 894. The van der Waals surface area contributed by atoms with E-state index < -0.39 is 0 Å². The van der Waals surface area contributed by atoms with E-state index in [0.717, 1.165) is 43.0 Å². The Morgan fingerprint density at radius 3 is 2.40 bits per heavy atom. The van der Waals surface area contributed by atoms with Crippen LogP contribution < -0.4 is 9.47 Å². The molecule has 0 atom stereocenters. The van der Waals surface area contributed by atoms with Crippen molar-refractivity contribution in [3.8, 4) is 11.6 Å². The highest BCUT2D eigenvalue weighted by molar-refractivity contribution is 5.29. The summed E-state index contributed by atoms with van der Waals surface area (Å²) in [6.07, 6.45) is 4.38. The highest BCUT2D eigenvalue weighted by Crippen LogP contribution is 2.16. The quantitative estimate of drug-likeness (QED) is 0.505. The number of aromatic nitrogens is 2. The highest BCUT2D eigenvalue weighted by atomic mass is 16.5. The monoisotopic (exact) mass is 403 g/mol. The van der Waals surface area contributed by atoms with E-state index in [4.69, 9.17) is 9.47 Å². The highest BCUT2D eigenvalue weighted by Gasteiger charge is 2.10. The molecule has 0 N–H and O–H groups in total. The second kappa shape index (κ2) is 10.7. The molecule has 1 aromatic heterocycles. The maximum atomic E-state index is 5.95. The van der Waals surface area contributed by atoms with E-state index in [0.29, 0.717) is 12.5 Å². The third-order valence-electron chi connectivity index (χ3n) is 5.37. The van der Waals surface area contributed by atoms with Crippen molar-refractivity contribution in [1.29, 1.82) is 0 Å². The molecular weight excluding hydrogens is 374 g/mol. The van der Waals surface area contributed by atoms with E-state index in [1.54, 1.807) is 0 Å². The van der Waals surface area contributed by atoms with Crippen LogP contribution in [0.5, 0.6) is 11.6 Å². The summed E-state index contributed by atoms with van der Waals surface area (Å²) in [6.45, 7) is 4.68. The minimum atomic E-state index is 0.499. The Morgan fingerprint density at radius 2 is 1.60 bits per heavy atom. The first-order valence-electron chi connectivity index (χ1n) is 10.8. The van der Waals surface area contributed by atoms with Crippen molar-refractivity contribution in [3.63, 3.8) is 0 Å². The molecule has 2 heterocycles. The largest absolute Gasteiger partial charge is 0.492 e. The first-order valence-corrected chi connectivity index (χ1v) is 10.8. The fourth-order valence-corrected chi connectivity index (χ4v) is 3.65. The molecule has 0 bridgehead atoms. The zero-order valence-electron chi connectivity index (χ0n) is 17.4. The Kier molecular flexibility index (Phi) is 7.29. The molecule has 1 saturated heterocycles. The Labute approximate surface area is 178 Å². The summed E-state index contributed by atoms with van der Waals surface area (Å²) in [6, 6.07) is 22.3. The summed E-state index contributed by atoms with van der Waals surface area (Å²) in [5, 5.41) is 8.51. The predicted molar refractivity (Wildman–Crippen MR) is 118 cm³/mol. The number of nitrogens with zero attached hydrogens (tertiary/aromatic N) is 3. The van der Waals surface area contributed by atoms with Crippen LogP contribution >= 0.6 is 0 Å². The van der Waals surface area contributed by atoms with Crippen molar-refractivity contribution >= 4 is 0 Å². The fraction of sp³-hybridized carbons (Fsp3) is 0.360. The molecule has 2 aromatic carbocycles. The van der Waals surface area contributed by atoms with Crippen molar-refractivity contribution in [1.82, 2.24) is 15.1 Å². The van der Waals surface area contributed by atoms with Crippen LogP contribution in [0.1, 0.15) is 29.7 Å². The Morgan fingerprint density at radius 1 is 0.767 bits per heavy atom. The van der Waals surface area contributed by atoms with Crippen LogP contribution in [0.15, 0.2) is 66.7 Å². The Balaban J connectivity index is 1.22. The van der Waals surface area contributed by atoms with Gasteiger partial charge in [0.25, 0.3) is 0 Å². The number of aryl methyl sites for hydroxylation is 2. The van der Waals surface area contributed by atoms with Gasteiger partial charge in [-0.3, -0.25) is 4.90 Å². The van der Waals surface area contributed by atoms with Gasteiger partial charge in [0.15, 0.2) is 0 Å². The molecule has 1 fully saturated rings. The lowest BCUT2D eigenvalue weighted by atomic mass is 10.1. The summed E-state index contributed by atoms with van der Waals surface area (Å²) in [5.41, 5.74) is 3.33. The molecule has 5 nitrogen and oxygen atoms in total. The van der Waals surface area contributed by atoms with E-state index in [1.807, 2.05) is 48.5 Å². The minimum Gasteiger partial charge on any atom is -0.492 e. The zero-order chi connectivity index (χ0) is 20.4. The summed E-state index contributed by atoms with van der Waals surface area (Å²) in [4.78, 5) is 2.47. The Hall–Kier alpha value is -2.92. The minimum absolute atomic E-state index is 0.499. The van der Waals surface area contributed by atoms with E-state index in [-0.39, 0.29) is 0 Å². The molecule has 1 aliphatic heterocycles. The van der Waals surface area contributed by atoms with Gasteiger partial charge < -0.3 is 9.47 Å². The van der Waals surface area contributed by atoms with Crippen molar-refractivity contribution in [3.05, 3.63) is 83.6 Å². The van der Waals surface area contributed by atoms with E-state index in [9.17, 15) is 0 Å². The first-order chi connectivity index (χ1) is 14.8. The maximum absolute atomic E-state index is 5.95. The van der Waals surface area contributed by atoms with Gasteiger partial charge in [-0.05, 0) is 68.1 Å². The van der Waals surface area contributed by atoms with Crippen molar-refractivity contribution < 1.29 is 9.47 Å². The van der Waals surface area contributed by atoms with Crippen LogP contribution in [0.25, 0.3) is 0 Å². The normalized spacial score (nSPS) is 14.0. The van der Waals surface area contributed by atoms with Crippen molar-refractivity contribution in [2.24, 2.45) is 0 Å². The number of hydrogen-bond acceptors (Lipinski definition) is 5. The van der Waals surface area contributed by atoms with E-state index in [2.05, 4.69) is 33.3 Å². The lowest BCUT2D eigenvalue weighted by Crippen LogP contribution is -2.25. The van der Waals surface area contributed by atoms with Crippen LogP contribution in [-0.2, 0) is 19.4 Å². The van der Waals surface area contributed by atoms with Gasteiger partial charge in [0.05, 0.1) is 5.69 Å². The summed E-state index contributed by atoms with van der Waals surface area (Å²) >= 11 is 0. The standard InChI is InChI=1S/C25H29N3O2/c1-2-7-22(8-3-1)20-30-25-14-13-23(26-27-25)12-11-21-9-6-10-24(19-21)29-18-17-28-15-4-5-16-28/h1-3,6-10,13-14,19H,4-5,11-12,15-18,20H2. The summed E-state index contributed by atoms with van der Waals surface area (Å²) in [5.74, 6) is 1.50. The molecule has 0 radical (unpaired) electrons. The number of hydrogen-bond donors (Lipinski definition) is 0. The fourth-order valence-electron chi connectivity index (χ4n) is 3.65. The smallest absolute Gasteiger partial charge is 0.233 e. The van der Waals surface area contributed by atoms with Crippen LogP contribution in [-0.4, -0.2) is 41.3 Å². The molecule has 0 unspecified atom stereocenters. The van der Waals surface area contributed by atoms with Crippen molar-refractivity contribution in [2.45, 2.75) is 32.3 Å². The number of likely N-dealkylation sites (tertiary alicyclic amines) is 1. The molecular formula is C25H29N3O2. The lowest BCUT2D eigenvalue weighted by molar-refractivity contribution is 0.237. The van der Waals surface area contributed by atoms with Gasteiger partial charge >= 0.3 is 0 Å². The number of benzene rings is 2. The van der Waals surface area contributed by atoms with Gasteiger partial charge in [-0.1, -0.05) is 42.5 Å². The van der Waals surface area contributed by atoms with Crippen LogP contribution in [0, 0.1) is 0 Å². The topological polar surface area (TPSA) is 47.5 Å². The number of rotatable bonds is 10. The lowest BCUT2D eigenvalue weighted by Gasteiger charge is -2.15. The average Bonchev–Trinajstić information content (AvgIpc) is 3.32. The van der Waals surface area contributed by atoms with Crippen LogP contribution in [0.3, 0.4) is 0 Å². The molecule has 30 heavy (non-hydrogen) atoms. The average molecular weight is 404 g/mol. The van der Waals surface area contributed by atoms with Gasteiger partial charge in [-0.25, -0.2) is 0 Å². The zero-order valence-corrected chi connectivity index (χ0v) is 17.4. The molecule has 3 aromatic rings. The second-order valence-electron chi connectivity index (χ2n) is 7.68. The van der Waals surface area contributed by atoms with Crippen molar-refractivity contribution in [2.75, 3.05) is 26.2 Å². The van der Waals surface area contributed by atoms with Gasteiger partial charge in [0, 0.05) is 12.6 Å². The predicted octanol–water partition coefficient (Wildman–Crippen LogP) is 4.32. The molecule has 1 aliphatic rings. The van der Waals surface area contributed by atoms with E-state index >= 15 is 0 Å². The van der Waals surface area contributed by atoms with Gasteiger partial charge in [0.1, 0.15) is 19.0 Å². The number of ether oxygens (including phenoxy) is 2. The van der Waals surface area contributed by atoms with Gasteiger partial charge in [0.2, 0.25) is 5.88 Å². The third-order valence-corrected chi connectivity index (χ3v) is 5.37. The van der Waals surface area contributed by atoms with Gasteiger partial charge in [-0.2, -0.15) is 5.10 Å². The van der Waals surface area contributed by atoms with Crippen LogP contribution in [0.2, 0.25) is 0 Å². The van der Waals surface area contributed by atoms with Gasteiger partial charge in [-0.15, -0.1) is 5.10 Å². The first kappa shape index (κ1) is 20.4. The van der Waals surface area contributed by atoms with E-state index in [1.165, 1.54) is 31.5 Å². The molecule has 0 amide bonds. The van der Waals surface area contributed by atoms with Crippen LogP contribution in [0.4, 0.5) is 0 Å². The summed E-state index contributed by atoms with van der Waals surface area (Å²) in [7, 11) is 0. The SMILES string of the molecule is c1ccc(COc2ccc(CCc3cccc(OCCN4CCCC4)c3)nn2)cc1.